The molecule has 1 heterocycles. The number of aliphatic hydroxyl groups excluding tert-OH is 1. The molecule has 1 aromatic carbocycles. The molecule has 1 aliphatic rings. The molecule has 86 valence electrons. The second-order valence-corrected chi connectivity index (χ2v) is 3.41. The Labute approximate surface area is 93.0 Å². The summed E-state index contributed by atoms with van der Waals surface area (Å²) < 4.78 is 10.0. The number of hydrogen-bond donors (Lipinski definition) is 2. The van der Waals surface area contributed by atoms with Crippen LogP contribution in [0, 0.1) is 0 Å². The second-order valence-electron chi connectivity index (χ2n) is 3.41. The molecule has 0 bridgehead atoms. The molecular formula is C11H13NO4. The highest BCUT2D eigenvalue weighted by molar-refractivity contribution is 5.84. The molecule has 0 atom stereocenters. The number of amides is 1. The first kappa shape index (κ1) is 10.8. The lowest BCUT2D eigenvalue weighted by molar-refractivity contribution is 0.131. The van der Waals surface area contributed by atoms with Crippen molar-refractivity contribution in [3.05, 3.63) is 23.8 Å². The van der Waals surface area contributed by atoms with Gasteiger partial charge in [-0.05, 0) is 23.8 Å². The molecular weight excluding hydrogens is 210 g/mol. The molecule has 0 aromatic heterocycles. The number of anilines is 1. The van der Waals surface area contributed by atoms with Crippen LogP contribution in [0.5, 0.6) is 5.75 Å². The van der Waals surface area contributed by atoms with Crippen molar-refractivity contribution in [2.75, 3.05) is 25.1 Å². The maximum absolute atomic E-state index is 11.2. The summed E-state index contributed by atoms with van der Waals surface area (Å²) in [6.45, 7) is 0.513. The van der Waals surface area contributed by atoms with Crippen LogP contribution in [0.25, 0.3) is 0 Å². The first-order valence-electron chi connectivity index (χ1n) is 5.10. The Morgan fingerprint density at radius 1 is 1.56 bits per heavy atom. The lowest BCUT2D eigenvalue weighted by atomic mass is 10.1. The van der Waals surface area contributed by atoms with Crippen molar-refractivity contribution in [1.29, 1.82) is 0 Å². The van der Waals surface area contributed by atoms with Gasteiger partial charge in [-0.15, -0.1) is 0 Å². The minimum Gasteiger partial charge on any atom is -0.493 e. The lowest BCUT2D eigenvalue weighted by Gasteiger charge is -2.06. The van der Waals surface area contributed by atoms with Gasteiger partial charge >= 0.3 is 6.09 Å². The van der Waals surface area contributed by atoms with Crippen LogP contribution in [0.2, 0.25) is 0 Å². The molecule has 2 N–H and O–H groups in total. The number of nitrogens with one attached hydrogen (secondary N) is 1. The van der Waals surface area contributed by atoms with E-state index in [0.29, 0.717) is 12.3 Å². The number of aliphatic hydroxyl groups is 1. The van der Waals surface area contributed by atoms with E-state index in [9.17, 15) is 4.79 Å². The average molecular weight is 223 g/mol. The van der Waals surface area contributed by atoms with Crippen LogP contribution in [0.3, 0.4) is 0 Å². The topological polar surface area (TPSA) is 67.8 Å². The van der Waals surface area contributed by atoms with Gasteiger partial charge in [-0.25, -0.2) is 4.79 Å². The molecule has 2 rings (SSSR count). The SMILES string of the molecule is O=C(Nc1ccc2c(c1)CCO2)OCCO. The molecule has 0 spiro atoms. The number of carbonyl (C=O) groups excluding carboxylic acids is 1. The molecule has 0 saturated heterocycles. The molecule has 0 aliphatic carbocycles. The molecule has 0 saturated carbocycles. The van der Waals surface area contributed by atoms with Crippen molar-refractivity contribution in [3.63, 3.8) is 0 Å². The smallest absolute Gasteiger partial charge is 0.411 e. The molecule has 16 heavy (non-hydrogen) atoms. The van der Waals surface area contributed by atoms with E-state index in [1.807, 2.05) is 12.1 Å². The molecule has 0 radical (unpaired) electrons. The summed E-state index contributed by atoms with van der Waals surface area (Å²) in [6.07, 6.45) is 0.296. The summed E-state index contributed by atoms with van der Waals surface area (Å²) in [7, 11) is 0. The third-order valence-corrected chi connectivity index (χ3v) is 2.26. The lowest BCUT2D eigenvalue weighted by Crippen LogP contribution is -2.15. The van der Waals surface area contributed by atoms with Gasteiger partial charge in [0.1, 0.15) is 12.4 Å². The van der Waals surface area contributed by atoms with Crippen molar-refractivity contribution in [3.8, 4) is 5.75 Å². The van der Waals surface area contributed by atoms with Crippen molar-refractivity contribution in [1.82, 2.24) is 0 Å². The summed E-state index contributed by atoms with van der Waals surface area (Å²) in [5, 5.41) is 11.1. The first-order chi connectivity index (χ1) is 7.79. The summed E-state index contributed by atoms with van der Waals surface area (Å²) in [4.78, 5) is 11.2. The van der Waals surface area contributed by atoms with Crippen LogP contribution in [0.1, 0.15) is 5.56 Å². The number of carbonyl (C=O) groups is 1. The molecule has 1 amide bonds. The highest BCUT2D eigenvalue weighted by atomic mass is 16.6. The monoisotopic (exact) mass is 223 g/mol. The van der Waals surface area contributed by atoms with Gasteiger partial charge in [-0.3, -0.25) is 5.32 Å². The fraction of sp³-hybridized carbons (Fsp3) is 0.364. The Morgan fingerprint density at radius 2 is 2.44 bits per heavy atom. The van der Waals surface area contributed by atoms with E-state index in [-0.39, 0.29) is 13.2 Å². The average Bonchev–Trinajstić information content (AvgIpc) is 2.73. The fourth-order valence-corrected chi connectivity index (χ4v) is 1.56. The first-order valence-corrected chi connectivity index (χ1v) is 5.10. The number of hydrogen-bond acceptors (Lipinski definition) is 4. The normalized spacial score (nSPS) is 12.8. The van der Waals surface area contributed by atoms with E-state index < -0.39 is 6.09 Å². The molecule has 1 aromatic rings. The van der Waals surface area contributed by atoms with Crippen molar-refractivity contribution in [2.45, 2.75) is 6.42 Å². The van der Waals surface area contributed by atoms with Gasteiger partial charge in [-0.2, -0.15) is 0 Å². The van der Waals surface area contributed by atoms with Crippen LogP contribution in [-0.2, 0) is 11.2 Å². The van der Waals surface area contributed by atoms with E-state index >= 15 is 0 Å². The summed E-state index contributed by atoms with van der Waals surface area (Å²) in [5.74, 6) is 0.870. The predicted octanol–water partition coefficient (Wildman–Crippen LogP) is 1.16. The van der Waals surface area contributed by atoms with E-state index in [0.717, 1.165) is 17.7 Å². The molecule has 1 aliphatic heterocycles. The maximum atomic E-state index is 11.2. The zero-order chi connectivity index (χ0) is 11.4. The summed E-state index contributed by atoms with van der Waals surface area (Å²) in [6, 6.07) is 5.44. The Morgan fingerprint density at radius 3 is 3.25 bits per heavy atom. The number of rotatable bonds is 3. The number of ether oxygens (including phenoxy) is 2. The van der Waals surface area contributed by atoms with Crippen LogP contribution in [0.15, 0.2) is 18.2 Å². The molecule has 5 nitrogen and oxygen atoms in total. The Kier molecular flexibility index (Phi) is 3.26. The quantitative estimate of drug-likeness (QED) is 0.807. The number of benzene rings is 1. The molecule has 0 unspecified atom stereocenters. The summed E-state index contributed by atoms with van der Waals surface area (Å²) >= 11 is 0. The zero-order valence-electron chi connectivity index (χ0n) is 8.73. The third-order valence-electron chi connectivity index (χ3n) is 2.26. The van der Waals surface area contributed by atoms with Crippen molar-refractivity contribution >= 4 is 11.8 Å². The van der Waals surface area contributed by atoms with Gasteiger partial charge in [0.05, 0.1) is 13.2 Å². The zero-order valence-corrected chi connectivity index (χ0v) is 8.73. The van der Waals surface area contributed by atoms with E-state index in [4.69, 9.17) is 9.84 Å². The maximum Gasteiger partial charge on any atom is 0.411 e. The van der Waals surface area contributed by atoms with E-state index in [1.54, 1.807) is 6.07 Å². The van der Waals surface area contributed by atoms with E-state index in [1.165, 1.54) is 0 Å². The van der Waals surface area contributed by atoms with Gasteiger partial charge in [-0.1, -0.05) is 0 Å². The largest absolute Gasteiger partial charge is 0.493 e. The molecule has 0 fully saturated rings. The highest BCUT2D eigenvalue weighted by Gasteiger charge is 2.12. The standard InChI is InChI=1S/C11H13NO4/c13-4-6-16-11(14)12-9-1-2-10-8(7-9)3-5-15-10/h1-2,7,13H,3-6H2,(H,12,14). The van der Waals surface area contributed by atoms with E-state index in [2.05, 4.69) is 10.1 Å². The summed E-state index contributed by atoms with van der Waals surface area (Å²) in [5.41, 5.74) is 1.76. The number of fused-ring (bicyclic) bond motifs is 1. The van der Waals surface area contributed by atoms with Gasteiger partial charge < -0.3 is 14.6 Å². The van der Waals surface area contributed by atoms with Gasteiger partial charge in [0.2, 0.25) is 0 Å². The Hall–Kier alpha value is -1.75. The minimum absolute atomic E-state index is 0.000114. The predicted molar refractivity (Wildman–Crippen MR) is 57.7 cm³/mol. The third kappa shape index (κ3) is 2.43. The Balaban J connectivity index is 1.97. The second kappa shape index (κ2) is 4.85. The minimum atomic E-state index is -0.562. The highest BCUT2D eigenvalue weighted by Crippen LogP contribution is 2.27. The fourth-order valence-electron chi connectivity index (χ4n) is 1.56. The molecule has 5 heteroatoms. The van der Waals surface area contributed by atoms with Crippen molar-refractivity contribution < 1.29 is 19.4 Å². The van der Waals surface area contributed by atoms with Crippen LogP contribution in [-0.4, -0.2) is 31.0 Å². The van der Waals surface area contributed by atoms with Gasteiger partial charge in [0.25, 0.3) is 0 Å². The van der Waals surface area contributed by atoms with Crippen LogP contribution < -0.4 is 10.1 Å². The van der Waals surface area contributed by atoms with Crippen LogP contribution >= 0.6 is 0 Å². The van der Waals surface area contributed by atoms with Crippen molar-refractivity contribution in [2.24, 2.45) is 0 Å². The van der Waals surface area contributed by atoms with Crippen LogP contribution in [0.4, 0.5) is 10.5 Å². The Bertz CT molecular complexity index is 392. The van der Waals surface area contributed by atoms with Gasteiger partial charge in [0, 0.05) is 12.1 Å². The van der Waals surface area contributed by atoms with Gasteiger partial charge in [0.15, 0.2) is 0 Å².